The van der Waals surface area contributed by atoms with Crippen molar-refractivity contribution in [2.45, 2.75) is 13.8 Å². The molecule has 3 nitrogen and oxygen atoms in total. The zero-order valence-corrected chi connectivity index (χ0v) is 28.0. The molecule has 7 aromatic carbocycles. The standard InChI is InChI=1S/C44H31BN2OS/c1-28-16-19-32(20-17-28)47-38-23-18-29(2)24-36(38)45-37-27-43-35(26-41(37)48-40-15-9-14-39(47)44(40)45)34-22-21-33(25-42(34)49-43)46(30-10-5-3-6-11-30)31-12-7-4-8-13-31/h3-27H,1-2H3. The van der Waals surface area contributed by atoms with Crippen molar-refractivity contribution in [1.82, 2.24) is 0 Å². The van der Waals surface area contributed by atoms with Crippen molar-refractivity contribution in [3.05, 3.63) is 163 Å². The van der Waals surface area contributed by atoms with Gasteiger partial charge in [0.1, 0.15) is 11.5 Å². The Hall–Kier alpha value is -5.78. The van der Waals surface area contributed by atoms with E-state index in [2.05, 4.69) is 175 Å². The average Bonchev–Trinajstić information content (AvgIpc) is 3.49. The lowest BCUT2D eigenvalue weighted by atomic mass is 9.34. The van der Waals surface area contributed by atoms with Gasteiger partial charge in [-0.3, -0.25) is 0 Å². The predicted octanol–water partition coefficient (Wildman–Crippen LogP) is 10.5. The Morgan fingerprint density at radius 2 is 1.24 bits per heavy atom. The van der Waals surface area contributed by atoms with Crippen LogP contribution < -0.4 is 30.9 Å². The Labute approximate surface area is 290 Å². The van der Waals surface area contributed by atoms with Crippen molar-refractivity contribution in [3.8, 4) is 11.5 Å². The summed E-state index contributed by atoms with van der Waals surface area (Å²) >= 11 is 1.86. The van der Waals surface area contributed by atoms with Crippen LogP contribution in [0.4, 0.5) is 34.1 Å². The normalized spacial score (nSPS) is 12.8. The van der Waals surface area contributed by atoms with Gasteiger partial charge >= 0.3 is 0 Å². The first-order valence-electron chi connectivity index (χ1n) is 16.8. The summed E-state index contributed by atoms with van der Waals surface area (Å²) in [6, 6.07) is 55.0. The first kappa shape index (κ1) is 28.3. The molecule has 0 fully saturated rings. The highest BCUT2D eigenvalue weighted by molar-refractivity contribution is 7.26. The van der Waals surface area contributed by atoms with Crippen LogP contribution in [0.1, 0.15) is 11.1 Å². The molecule has 0 saturated carbocycles. The van der Waals surface area contributed by atoms with Gasteiger partial charge in [-0.2, -0.15) is 0 Å². The second-order valence-electron chi connectivity index (χ2n) is 13.1. The molecule has 2 aliphatic heterocycles. The van der Waals surface area contributed by atoms with Crippen LogP contribution in [0.2, 0.25) is 0 Å². The van der Waals surface area contributed by atoms with Crippen molar-refractivity contribution in [2.75, 3.05) is 9.80 Å². The van der Waals surface area contributed by atoms with Gasteiger partial charge in [0, 0.05) is 54.3 Å². The number of anilines is 6. The molecule has 49 heavy (non-hydrogen) atoms. The minimum atomic E-state index is 0.0726. The minimum absolute atomic E-state index is 0.0726. The first-order valence-corrected chi connectivity index (χ1v) is 17.6. The smallest absolute Gasteiger partial charge is 0.256 e. The molecule has 8 aromatic rings. The van der Waals surface area contributed by atoms with Gasteiger partial charge in [-0.25, -0.2) is 0 Å². The van der Waals surface area contributed by atoms with Crippen LogP contribution in [0.25, 0.3) is 20.2 Å². The SMILES string of the molecule is Cc1ccc(N2c3ccc(C)cc3B3c4cc5sc6cc(N(c7ccccc7)c7ccccc7)ccc6c5cc4Oc4cccc2c43)cc1. The van der Waals surface area contributed by atoms with Gasteiger partial charge < -0.3 is 14.5 Å². The highest BCUT2D eigenvalue weighted by Crippen LogP contribution is 2.44. The second kappa shape index (κ2) is 10.9. The van der Waals surface area contributed by atoms with E-state index < -0.39 is 0 Å². The number of hydrogen-bond donors (Lipinski definition) is 0. The monoisotopic (exact) mass is 646 g/mol. The van der Waals surface area contributed by atoms with Crippen LogP contribution in [0.15, 0.2) is 152 Å². The summed E-state index contributed by atoms with van der Waals surface area (Å²) < 4.78 is 9.38. The van der Waals surface area contributed by atoms with Crippen LogP contribution in [0, 0.1) is 13.8 Å². The van der Waals surface area contributed by atoms with Gasteiger partial charge in [-0.05, 0) is 109 Å². The Morgan fingerprint density at radius 3 is 2.00 bits per heavy atom. The average molecular weight is 647 g/mol. The molecule has 0 atom stereocenters. The zero-order chi connectivity index (χ0) is 32.6. The van der Waals surface area contributed by atoms with Crippen molar-refractivity contribution >= 4 is 88.7 Å². The minimum Gasteiger partial charge on any atom is -0.458 e. The fraction of sp³-hybridized carbons (Fsp3) is 0.0455. The van der Waals surface area contributed by atoms with Gasteiger partial charge in [0.2, 0.25) is 0 Å². The Morgan fingerprint density at radius 1 is 0.531 bits per heavy atom. The highest BCUT2D eigenvalue weighted by Gasteiger charge is 2.42. The van der Waals surface area contributed by atoms with Crippen molar-refractivity contribution in [2.24, 2.45) is 0 Å². The fourth-order valence-corrected chi connectivity index (χ4v) is 8.94. The maximum atomic E-state index is 6.85. The molecule has 10 rings (SSSR count). The number of benzene rings is 7. The van der Waals surface area contributed by atoms with E-state index in [1.165, 1.54) is 59.1 Å². The molecule has 1 aromatic heterocycles. The molecule has 0 radical (unpaired) electrons. The number of hydrogen-bond acceptors (Lipinski definition) is 4. The molecule has 0 N–H and O–H groups in total. The number of thiophene rings is 1. The van der Waals surface area contributed by atoms with Crippen molar-refractivity contribution in [3.63, 3.8) is 0 Å². The number of nitrogens with zero attached hydrogens (tertiary/aromatic N) is 2. The number of fused-ring (bicyclic) bond motifs is 7. The summed E-state index contributed by atoms with van der Waals surface area (Å²) in [4.78, 5) is 4.74. The number of para-hydroxylation sites is 2. The van der Waals surface area contributed by atoms with Gasteiger partial charge in [0.05, 0.1) is 0 Å². The third-order valence-corrected chi connectivity index (χ3v) is 11.1. The number of aryl methyl sites for hydroxylation is 2. The zero-order valence-electron chi connectivity index (χ0n) is 27.2. The van der Waals surface area contributed by atoms with E-state index >= 15 is 0 Å². The van der Waals surface area contributed by atoms with E-state index in [9.17, 15) is 0 Å². The molecule has 0 bridgehead atoms. The molecule has 0 aliphatic carbocycles. The highest BCUT2D eigenvalue weighted by atomic mass is 32.1. The van der Waals surface area contributed by atoms with Crippen molar-refractivity contribution in [1.29, 1.82) is 0 Å². The molecule has 5 heteroatoms. The molecule has 0 amide bonds. The Balaban J connectivity index is 1.15. The van der Waals surface area contributed by atoms with E-state index in [4.69, 9.17) is 4.74 Å². The molecular formula is C44H31BN2OS. The summed E-state index contributed by atoms with van der Waals surface area (Å²) in [6.45, 7) is 4.41. The van der Waals surface area contributed by atoms with E-state index in [1.807, 2.05) is 11.3 Å². The third kappa shape index (κ3) is 4.43. The fourth-order valence-electron chi connectivity index (χ4n) is 7.78. The molecule has 2 aliphatic rings. The third-order valence-electron chi connectivity index (χ3n) is 10.0. The van der Waals surface area contributed by atoms with E-state index in [0.717, 1.165) is 34.2 Å². The predicted molar refractivity (Wildman–Crippen MR) is 209 cm³/mol. The molecule has 0 spiro atoms. The molecular weight excluding hydrogens is 615 g/mol. The Kier molecular flexibility index (Phi) is 6.27. The van der Waals surface area contributed by atoms with E-state index in [-0.39, 0.29) is 6.71 Å². The summed E-state index contributed by atoms with van der Waals surface area (Å²) in [5.41, 5.74) is 13.3. The van der Waals surface area contributed by atoms with Crippen LogP contribution in [-0.2, 0) is 0 Å². The quantitative estimate of drug-likeness (QED) is 0.177. The van der Waals surface area contributed by atoms with Crippen LogP contribution >= 0.6 is 11.3 Å². The van der Waals surface area contributed by atoms with Gasteiger partial charge in [-0.15, -0.1) is 11.3 Å². The van der Waals surface area contributed by atoms with Gasteiger partial charge in [-0.1, -0.05) is 83.9 Å². The van der Waals surface area contributed by atoms with Crippen LogP contribution in [0.5, 0.6) is 11.5 Å². The van der Waals surface area contributed by atoms with Gasteiger partial charge in [0.15, 0.2) is 0 Å². The van der Waals surface area contributed by atoms with Crippen molar-refractivity contribution < 1.29 is 4.74 Å². The molecule has 0 saturated heterocycles. The summed E-state index contributed by atoms with van der Waals surface area (Å²) in [5, 5.41) is 2.48. The van der Waals surface area contributed by atoms with E-state index in [1.54, 1.807) is 0 Å². The molecule has 0 unspecified atom stereocenters. The lowest BCUT2D eigenvalue weighted by Gasteiger charge is -2.40. The largest absolute Gasteiger partial charge is 0.458 e. The van der Waals surface area contributed by atoms with Gasteiger partial charge in [0.25, 0.3) is 6.71 Å². The molecule has 3 heterocycles. The second-order valence-corrected chi connectivity index (χ2v) is 14.2. The summed E-state index contributed by atoms with van der Waals surface area (Å²) in [6.07, 6.45) is 0. The molecule has 232 valence electrons. The number of rotatable bonds is 4. The maximum absolute atomic E-state index is 6.85. The lowest BCUT2D eigenvalue weighted by Crippen LogP contribution is -2.59. The first-order chi connectivity index (χ1) is 24.1. The topological polar surface area (TPSA) is 15.7 Å². The van der Waals surface area contributed by atoms with E-state index in [0.29, 0.717) is 0 Å². The number of ether oxygens (including phenoxy) is 1. The van der Waals surface area contributed by atoms with Crippen LogP contribution in [-0.4, -0.2) is 6.71 Å². The Bertz CT molecular complexity index is 2520. The maximum Gasteiger partial charge on any atom is 0.256 e. The summed E-state index contributed by atoms with van der Waals surface area (Å²) in [7, 11) is 0. The van der Waals surface area contributed by atoms with Crippen LogP contribution in [0.3, 0.4) is 0 Å². The summed E-state index contributed by atoms with van der Waals surface area (Å²) in [5.74, 6) is 1.87. The lowest BCUT2D eigenvalue weighted by molar-refractivity contribution is 0.488.